The van der Waals surface area contributed by atoms with Crippen molar-refractivity contribution in [1.29, 1.82) is 0 Å². The van der Waals surface area contributed by atoms with Crippen LogP contribution in [0.5, 0.6) is 0 Å². The maximum Gasteiger partial charge on any atom is 0.258 e. The number of fused-ring (bicyclic) bond motifs is 1. The number of nitrogens with one attached hydrogen (secondary N) is 2. The highest BCUT2D eigenvalue weighted by molar-refractivity contribution is 6.09. The zero-order chi connectivity index (χ0) is 19.6. The van der Waals surface area contributed by atoms with Gasteiger partial charge in [0.2, 0.25) is 11.8 Å². The Balaban J connectivity index is 2.00. The summed E-state index contributed by atoms with van der Waals surface area (Å²) in [4.78, 5) is 37.7. The minimum atomic E-state index is -0.260. The van der Waals surface area contributed by atoms with Crippen LogP contribution in [0.4, 0.5) is 22.7 Å². The molecule has 0 bridgehead atoms. The molecule has 1 heterocycles. The second-order valence-corrected chi connectivity index (χ2v) is 6.57. The monoisotopic (exact) mass is 366 g/mol. The molecule has 7 heteroatoms. The fourth-order valence-electron chi connectivity index (χ4n) is 3.32. The van der Waals surface area contributed by atoms with Crippen molar-refractivity contribution in [2.75, 3.05) is 27.8 Å². The lowest BCUT2D eigenvalue weighted by Gasteiger charge is -2.30. The first-order chi connectivity index (χ1) is 12.8. The summed E-state index contributed by atoms with van der Waals surface area (Å²) in [5.74, 6) is -0.728. The number of nitrogens with zero attached hydrogens (tertiary/aromatic N) is 1. The molecule has 0 spiro atoms. The quantitative estimate of drug-likeness (QED) is 0.727. The van der Waals surface area contributed by atoms with E-state index in [1.54, 1.807) is 23.1 Å². The smallest absolute Gasteiger partial charge is 0.258 e. The minimum absolute atomic E-state index is 0.208. The van der Waals surface area contributed by atoms with Crippen molar-refractivity contribution in [2.45, 2.75) is 26.7 Å². The topological polar surface area (TPSA) is 105 Å². The minimum Gasteiger partial charge on any atom is -0.398 e. The van der Waals surface area contributed by atoms with Gasteiger partial charge in [-0.3, -0.25) is 14.4 Å². The second-order valence-electron chi connectivity index (χ2n) is 6.57. The van der Waals surface area contributed by atoms with E-state index in [-0.39, 0.29) is 17.7 Å². The number of amides is 3. The molecule has 2 aromatic rings. The van der Waals surface area contributed by atoms with E-state index in [0.29, 0.717) is 29.2 Å². The van der Waals surface area contributed by atoms with E-state index in [9.17, 15) is 14.4 Å². The number of benzene rings is 2. The van der Waals surface area contributed by atoms with Gasteiger partial charge >= 0.3 is 0 Å². The Bertz CT molecular complexity index is 889. The van der Waals surface area contributed by atoms with Crippen LogP contribution in [0, 0.1) is 0 Å². The third-order valence-corrected chi connectivity index (χ3v) is 4.35. The first kappa shape index (κ1) is 18.4. The summed E-state index contributed by atoms with van der Waals surface area (Å²) in [6, 6.07) is 10.4. The van der Waals surface area contributed by atoms with Crippen molar-refractivity contribution in [3.63, 3.8) is 0 Å². The standard InChI is InChI=1S/C20H22N4O3/c1-12(25)22-15-9-14(10-16(11-15)23-13(2)26)20(27)24-8-4-5-17-18(21)6-3-7-19(17)24/h3,6-7,9-11H,4-5,8,21H2,1-2H3,(H,22,25)(H,23,26). The fraction of sp³-hybridized carbons (Fsp3) is 0.250. The molecule has 1 aliphatic heterocycles. The van der Waals surface area contributed by atoms with Gasteiger partial charge in [-0.2, -0.15) is 0 Å². The molecule has 0 saturated heterocycles. The van der Waals surface area contributed by atoms with Crippen LogP contribution in [0.3, 0.4) is 0 Å². The molecule has 2 aromatic carbocycles. The SMILES string of the molecule is CC(=O)Nc1cc(NC(C)=O)cc(C(=O)N2CCCc3c(N)cccc32)c1. The Morgan fingerprint density at radius 3 is 2.22 bits per heavy atom. The maximum absolute atomic E-state index is 13.2. The van der Waals surface area contributed by atoms with E-state index in [1.807, 2.05) is 18.2 Å². The third-order valence-electron chi connectivity index (χ3n) is 4.35. The Morgan fingerprint density at radius 1 is 1.00 bits per heavy atom. The molecule has 1 aliphatic rings. The van der Waals surface area contributed by atoms with Crippen LogP contribution in [0.2, 0.25) is 0 Å². The summed E-state index contributed by atoms with van der Waals surface area (Å²) < 4.78 is 0. The van der Waals surface area contributed by atoms with Crippen LogP contribution in [-0.2, 0) is 16.0 Å². The van der Waals surface area contributed by atoms with Crippen LogP contribution in [-0.4, -0.2) is 24.3 Å². The highest BCUT2D eigenvalue weighted by Gasteiger charge is 2.25. The summed E-state index contributed by atoms with van der Waals surface area (Å²) in [5.41, 5.74) is 9.78. The highest BCUT2D eigenvalue weighted by atomic mass is 16.2. The molecule has 0 unspecified atom stereocenters. The van der Waals surface area contributed by atoms with Crippen LogP contribution in [0.15, 0.2) is 36.4 Å². The summed E-state index contributed by atoms with van der Waals surface area (Å²) >= 11 is 0. The molecule has 0 aromatic heterocycles. The summed E-state index contributed by atoms with van der Waals surface area (Å²) in [6.45, 7) is 3.35. The van der Waals surface area contributed by atoms with Gasteiger partial charge in [0.05, 0.1) is 0 Å². The molecule has 3 amide bonds. The first-order valence-corrected chi connectivity index (χ1v) is 8.74. The van der Waals surface area contributed by atoms with Crippen molar-refractivity contribution < 1.29 is 14.4 Å². The van der Waals surface area contributed by atoms with E-state index in [0.717, 1.165) is 24.1 Å². The molecule has 0 radical (unpaired) electrons. The molecule has 0 atom stereocenters. The number of hydrogen-bond donors (Lipinski definition) is 3. The molecule has 7 nitrogen and oxygen atoms in total. The molecule has 0 saturated carbocycles. The van der Waals surface area contributed by atoms with Crippen molar-refractivity contribution >= 4 is 40.5 Å². The Kier molecular flexibility index (Phi) is 5.12. The number of carbonyl (C=O) groups excluding carboxylic acids is 3. The van der Waals surface area contributed by atoms with Gasteiger partial charge < -0.3 is 21.3 Å². The van der Waals surface area contributed by atoms with Gasteiger partial charge in [0.25, 0.3) is 5.91 Å². The van der Waals surface area contributed by atoms with Crippen LogP contribution < -0.4 is 21.3 Å². The fourth-order valence-corrected chi connectivity index (χ4v) is 3.32. The molecule has 4 N–H and O–H groups in total. The number of anilines is 4. The normalized spacial score (nSPS) is 12.9. The average molecular weight is 366 g/mol. The van der Waals surface area contributed by atoms with Gasteiger partial charge in [0.1, 0.15) is 0 Å². The number of nitrogens with two attached hydrogens (primary N) is 1. The van der Waals surface area contributed by atoms with Crippen LogP contribution >= 0.6 is 0 Å². The molecule has 140 valence electrons. The Labute approximate surface area is 157 Å². The number of carbonyl (C=O) groups is 3. The van der Waals surface area contributed by atoms with E-state index in [4.69, 9.17) is 5.73 Å². The molecular formula is C20H22N4O3. The first-order valence-electron chi connectivity index (χ1n) is 8.74. The summed E-state index contributed by atoms with van der Waals surface area (Å²) in [5, 5.41) is 5.33. The second kappa shape index (κ2) is 7.49. The van der Waals surface area contributed by atoms with Crippen molar-refractivity contribution in [2.24, 2.45) is 0 Å². The molecule has 0 aliphatic carbocycles. The predicted octanol–water partition coefficient (Wildman–Crippen LogP) is 2.78. The van der Waals surface area contributed by atoms with Gasteiger partial charge in [0, 0.05) is 48.7 Å². The van der Waals surface area contributed by atoms with Gasteiger partial charge in [-0.1, -0.05) is 6.07 Å². The third kappa shape index (κ3) is 4.08. The van der Waals surface area contributed by atoms with Crippen LogP contribution in [0.1, 0.15) is 36.2 Å². The van der Waals surface area contributed by atoms with E-state index in [1.165, 1.54) is 13.8 Å². The Morgan fingerprint density at radius 2 is 1.63 bits per heavy atom. The Hall–Kier alpha value is -3.35. The molecule has 0 fully saturated rings. The molecular weight excluding hydrogens is 344 g/mol. The number of hydrogen-bond acceptors (Lipinski definition) is 4. The highest BCUT2D eigenvalue weighted by Crippen LogP contribution is 2.33. The number of rotatable bonds is 3. The van der Waals surface area contributed by atoms with Gasteiger partial charge in [-0.05, 0) is 48.7 Å². The maximum atomic E-state index is 13.2. The van der Waals surface area contributed by atoms with Gasteiger partial charge in [-0.25, -0.2) is 0 Å². The zero-order valence-corrected chi connectivity index (χ0v) is 15.3. The van der Waals surface area contributed by atoms with Crippen molar-refractivity contribution in [3.05, 3.63) is 47.5 Å². The van der Waals surface area contributed by atoms with Crippen molar-refractivity contribution in [3.8, 4) is 0 Å². The summed E-state index contributed by atoms with van der Waals surface area (Å²) in [6.07, 6.45) is 1.64. The van der Waals surface area contributed by atoms with E-state index in [2.05, 4.69) is 10.6 Å². The lowest BCUT2D eigenvalue weighted by atomic mass is 9.99. The zero-order valence-electron chi connectivity index (χ0n) is 15.3. The number of nitrogen functional groups attached to an aromatic ring is 1. The average Bonchev–Trinajstić information content (AvgIpc) is 2.59. The van der Waals surface area contributed by atoms with Crippen molar-refractivity contribution in [1.82, 2.24) is 0 Å². The molecule has 3 rings (SSSR count). The van der Waals surface area contributed by atoms with Crippen LogP contribution in [0.25, 0.3) is 0 Å². The van der Waals surface area contributed by atoms with E-state index < -0.39 is 0 Å². The van der Waals surface area contributed by atoms with E-state index >= 15 is 0 Å². The largest absolute Gasteiger partial charge is 0.398 e. The lowest BCUT2D eigenvalue weighted by molar-refractivity contribution is -0.115. The van der Waals surface area contributed by atoms with Gasteiger partial charge in [-0.15, -0.1) is 0 Å². The van der Waals surface area contributed by atoms with Gasteiger partial charge in [0.15, 0.2) is 0 Å². The predicted molar refractivity (Wildman–Crippen MR) is 106 cm³/mol. The summed E-state index contributed by atoms with van der Waals surface area (Å²) in [7, 11) is 0. The molecule has 27 heavy (non-hydrogen) atoms. The lowest BCUT2D eigenvalue weighted by Crippen LogP contribution is -2.35.